The van der Waals surface area contributed by atoms with Crippen LogP contribution in [0.25, 0.3) is 0 Å². The molecule has 19 heavy (non-hydrogen) atoms. The molecule has 5 heteroatoms. The Morgan fingerprint density at radius 3 is 2.79 bits per heavy atom. The fraction of sp³-hybridized carbons (Fsp3) is 0.500. The maximum Gasteiger partial charge on any atom is 0.325 e. The van der Waals surface area contributed by atoms with Crippen molar-refractivity contribution < 1.29 is 14.6 Å². The zero-order valence-electron chi connectivity index (χ0n) is 11.1. The quantitative estimate of drug-likeness (QED) is 0.412. The molecular weight excluding hydrogens is 357 g/mol. The number of carbonyl (C=O) groups excluding carboxylic acids is 1. The van der Waals surface area contributed by atoms with Crippen molar-refractivity contribution in [2.75, 3.05) is 20.3 Å². The lowest BCUT2D eigenvalue weighted by molar-refractivity contribution is -0.144. The second-order valence-electron chi connectivity index (χ2n) is 4.26. The highest BCUT2D eigenvalue weighted by Crippen LogP contribution is 2.13. The summed E-state index contributed by atoms with van der Waals surface area (Å²) in [6, 6.07) is 7.72. The Morgan fingerprint density at radius 2 is 2.16 bits per heavy atom. The number of nitrogens with one attached hydrogen (secondary N) is 1. The maximum atomic E-state index is 11.2. The molecule has 0 aliphatic rings. The molecule has 106 valence electrons. The number of halogens is 1. The van der Waals surface area contributed by atoms with E-state index in [0.717, 1.165) is 19.3 Å². The van der Waals surface area contributed by atoms with Gasteiger partial charge in [0, 0.05) is 3.57 Å². The number of methoxy groups -OCH3 is 1. The molecule has 0 aromatic heterocycles. The summed E-state index contributed by atoms with van der Waals surface area (Å²) in [6.45, 7) is 0.465. The molecule has 0 radical (unpaired) electrons. The van der Waals surface area contributed by atoms with Crippen molar-refractivity contribution in [1.82, 2.24) is 5.32 Å². The van der Waals surface area contributed by atoms with Gasteiger partial charge in [0.25, 0.3) is 0 Å². The van der Waals surface area contributed by atoms with Crippen molar-refractivity contribution >= 4 is 28.6 Å². The zero-order chi connectivity index (χ0) is 14.1. The van der Waals surface area contributed by atoms with E-state index in [0.29, 0.717) is 6.54 Å². The molecule has 0 unspecified atom stereocenters. The number of rotatable bonds is 8. The normalized spacial score (nSPS) is 12.2. The van der Waals surface area contributed by atoms with Crippen LogP contribution < -0.4 is 5.32 Å². The first-order chi connectivity index (χ1) is 9.19. The highest BCUT2D eigenvalue weighted by atomic mass is 127. The van der Waals surface area contributed by atoms with Crippen LogP contribution in [0, 0.1) is 3.57 Å². The van der Waals surface area contributed by atoms with E-state index < -0.39 is 12.0 Å². The first kappa shape index (κ1) is 16.4. The van der Waals surface area contributed by atoms with Crippen molar-refractivity contribution in [3.05, 3.63) is 33.4 Å². The minimum absolute atomic E-state index is 0.233. The van der Waals surface area contributed by atoms with Crippen LogP contribution >= 0.6 is 22.6 Å². The third-order valence-electron chi connectivity index (χ3n) is 2.89. The third kappa shape index (κ3) is 5.88. The lowest BCUT2D eigenvalue weighted by Crippen LogP contribution is -2.41. The van der Waals surface area contributed by atoms with Crippen LogP contribution in [-0.4, -0.2) is 37.4 Å². The van der Waals surface area contributed by atoms with E-state index in [1.807, 2.05) is 6.07 Å². The van der Waals surface area contributed by atoms with Gasteiger partial charge in [-0.1, -0.05) is 18.2 Å². The number of aryl methyl sites for hydroxylation is 1. The fourth-order valence-corrected chi connectivity index (χ4v) is 2.44. The molecule has 0 saturated carbocycles. The number of hydrogen-bond donors (Lipinski definition) is 2. The number of aliphatic hydroxyl groups is 1. The van der Waals surface area contributed by atoms with Crippen LogP contribution in [0.4, 0.5) is 0 Å². The third-order valence-corrected chi connectivity index (χ3v) is 3.94. The number of benzene rings is 1. The highest BCUT2D eigenvalue weighted by Gasteiger charge is 2.16. The summed E-state index contributed by atoms with van der Waals surface area (Å²) >= 11 is 2.34. The molecule has 1 aromatic rings. The number of aliphatic hydroxyl groups excluding tert-OH is 1. The van der Waals surface area contributed by atoms with E-state index in [4.69, 9.17) is 5.11 Å². The first-order valence-corrected chi connectivity index (χ1v) is 7.42. The molecule has 4 nitrogen and oxygen atoms in total. The van der Waals surface area contributed by atoms with Gasteiger partial charge in [0.05, 0.1) is 13.7 Å². The van der Waals surface area contributed by atoms with Crippen LogP contribution in [0.3, 0.4) is 0 Å². The Bertz CT molecular complexity index is 398. The SMILES string of the molecule is COC(=O)[C@H](CO)NCCCCc1ccccc1I. The number of carbonyl (C=O) groups is 1. The van der Waals surface area contributed by atoms with Crippen LogP contribution in [0.5, 0.6) is 0 Å². The Hall–Kier alpha value is -0.660. The van der Waals surface area contributed by atoms with Crippen molar-refractivity contribution in [2.24, 2.45) is 0 Å². The van der Waals surface area contributed by atoms with E-state index in [9.17, 15) is 4.79 Å². The summed E-state index contributed by atoms with van der Waals surface area (Å²) in [4.78, 5) is 11.2. The fourth-order valence-electron chi connectivity index (χ4n) is 1.78. The largest absolute Gasteiger partial charge is 0.468 e. The lowest BCUT2D eigenvalue weighted by Gasteiger charge is -2.13. The maximum absolute atomic E-state index is 11.2. The van der Waals surface area contributed by atoms with Gasteiger partial charge in [-0.3, -0.25) is 4.79 Å². The lowest BCUT2D eigenvalue weighted by atomic mass is 10.1. The number of unbranched alkanes of at least 4 members (excludes halogenated alkanes) is 1. The first-order valence-electron chi connectivity index (χ1n) is 6.34. The predicted octanol–water partition coefficient (Wildman–Crippen LogP) is 1.74. The van der Waals surface area contributed by atoms with Crippen LogP contribution in [0.2, 0.25) is 0 Å². The smallest absolute Gasteiger partial charge is 0.325 e. The predicted molar refractivity (Wildman–Crippen MR) is 83.0 cm³/mol. The number of hydrogen-bond acceptors (Lipinski definition) is 4. The van der Waals surface area contributed by atoms with Crippen molar-refractivity contribution in [1.29, 1.82) is 0 Å². The zero-order valence-corrected chi connectivity index (χ0v) is 13.2. The summed E-state index contributed by atoms with van der Waals surface area (Å²) in [7, 11) is 1.32. The highest BCUT2D eigenvalue weighted by molar-refractivity contribution is 14.1. The minimum atomic E-state index is -0.609. The monoisotopic (exact) mass is 377 g/mol. The molecule has 1 aromatic carbocycles. The molecule has 1 atom stereocenters. The summed E-state index contributed by atoms with van der Waals surface area (Å²) < 4.78 is 5.87. The van der Waals surface area contributed by atoms with Gasteiger partial charge in [-0.15, -0.1) is 0 Å². The molecule has 0 fully saturated rings. The average molecular weight is 377 g/mol. The van der Waals surface area contributed by atoms with Gasteiger partial charge in [-0.05, 0) is 60.0 Å². The Kier molecular flexibility index (Phi) is 8.00. The molecule has 1 rings (SSSR count). The summed E-state index contributed by atoms with van der Waals surface area (Å²) in [5.74, 6) is -0.417. The van der Waals surface area contributed by atoms with Gasteiger partial charge in [0.15, 0.2) is 0 Å². The molecule has 0 saturated heterocycles. The van der Waals surface area contributed by atoms with Crippen LogP contribution in [0.1, 0.15) is 18.4 Å². The van der Waals surface area contributed by atoms with E-state index in [1.165, 1.54) is 16.2 Å². The van der Waals surface area contributed by atoms with Gasteiger partial charge in [0.2, 0.25) is 0 Å². The van der Waals surface area contributed by atoms with Gasteiger partial charge >= 0.3 is 5.97 Å². The molecule has 0 aliphatic carbocycles. The van der Waals surface area contributed by atoms with Crippen molar-refractivity contribution in [3.8, 4) is 0 Å². The molecule has 0 aliphatic heterocycles. The van der Waals surface area contributed by atoms with Gasteiger partial charge in [0.1, 0.15) is 6.04 Å². The van der Waals surface area contributed by atoms with E-state index in [1.54, 1.807) is 0 Å². The molecular formula is C14H20INO3. The van der Waals surface area contributed by atoms with Gasteiger partial charge in [-0.25, -0.2) is 0 Å². The summed E-state index contributed by atoms with van der Waals surface area (Å²) in [5, 5.41) is 12.0. The standard InChI is InChI=1S/C14H20INO3/c1-19-14(18)13(10-17)16-9-5-4-7-11-6-2-3-8-12(11)15/h2-3,6,8,13,16-17H,4-5,7,9-10H2,1H3/t13-/m0/s1. The number of ether oxygens (including phenoxy) is 1. The van der Waals surface area contributed by atoms with E-state index >= 15 is 0 Å². The topological polar surface area (TPSA) is 58.6 Å². The minimum Gasteiger partial charge on any atom is -0.468 e. The average Bonchev–Trinajstić information content (AvgIpc) is 2.44. The van der Waals surface area contributed by atoms with Crippen molar-refractivity contribution in [2.45, 2.75) is 25.3 Å². The molecule has 0 heterocycles. The van der Waals surface area contributed by atoms with Crippen molar-refractivity contribution in [3.63, 3.8) is 0 Å². The van der Waals surface area contributed by atoms with Crippen LogP contribution in [0.15, 0.2) is 24.3 Å². The molecule has 0 amide bonds. The van der Waals surface area contributed by atoms with Gasteiger partial charge in [-0.2, -0.15) is 0 Å². The second-order valence-corrected chi connectivity index (χ2v) is 5.42. The van der Waals surface area contributed by atoms with Crippen LogP contribution in [-0.2, 0) is 16.0 Å². The van der Waals surface area contributed by atoms with Gasteiger partial charge < -0.3 is 15.2 Å². The molecule has 0 spiro atoms. The Morgan fingerprint density at radius 1 is 1.42 bits per heavy atom. The molecule has 2 N–H and O–H groups in total. The summed E-state index contributed by atoms with van der Waals surface area (Å²) in [6.07, 6.45) is 3.04. The summed E-state index contributed by atoms with van der Waals surface area (Å²) in [5.41, 5.74) is 1.36. The second kappa shape index (κ2) is 9.28. The number of esters is 1. The van der Waals surface area contributed by atoms with E-state index in [2.05, 4.69) is 50.8 Å². The Labute approximate surface area is 127 Å². The molecule has 0 bridgehead atoms. The Balaban J connectivity index is 2.21. The van der Waals surface area contributed by atoms with E-state index in [-0.39, 0.29) is 6.61 Å².